The number of sulfonamides is 1. The summed E-state index contributed by atoms with van der Waals surface area (Å²) in [5, 5.41) is 0. The summed E-state index contributed by atoms with van der Waals surface area (Å²) in [6, 6.07) is 0.330. The Kier molecular flexibility index (Phi) is 5.26. The van der Waals surface area contributed by atoms with Gasteiger partial charge in [0.1, 0.15) is 0 Å². The minimum absolute atomic E-state index is 0.330. The van der Waals surface area contributed by atoms with Gasteiger partial charge in [-0.05, 0) is 43.9 Å². The third-order valence-electron chi connectivity index (χ3n) is 4.80. The van der Waals surface area contributed by atoms with Crippen LogP contribution in [0.2, 0.25) is 0 Å². The summed E-state index contributed by atoms with van der Waals surface area (Å²) in [5.74, 6) is 1.12. The third kappa shape index (κ3) is 4.43. The quantitative estimate of drug-likeness (QED) is 0.807. The van der Waals surface area contributed by atoms with E-state index < -0.39 is 10.0 Å². The van der Waals surface area contributed by atoms with E-state index in [1.54, 1.807) is 4.31 Å². The molecule has 0 aromatic carbocycles. The molecule has 0 spiro atoms. The predicted molar refractivity (Wildman–Crippen MR) is 78.3 cm³/mol. The van der Waals surface area contributed by atoms with E-state index in [0.717, 1.165) is 25.7 Å². The van der Waals surface area contributed by atoms with Crippen LogP contribution in [0, 0.1) is 11.8 Å². The molecule has 0 amide bonds. The van der Waals surface area contributed by atoms with Crippen LogP contribution in [0.5, 0.6) is 0 Å². The van der Waals surface area contributed by atoms with Crippen LogP contribution < -0.4 is 5.73 Å². The molecule has 3 atom stereocenters. The maximum absolute atomic E-state index is 11.6. The molecule has 1 aliphatic carbocycles. The van der Waals surface area contributed by atoms with E-state index in [1.807, 2.05) is 0 Å². The fourth-order valence-electron chi connectivity index (χ4n) is 3.65. The van der Waals surface area contributed by atoms with Gasteiger partial charge in [0.25, 0.3) is 0 Å². The SMILES string of the molecule is CS(=O)(=O)N1CCCC(CC2CCCCCC2N)C1. The molecule has 0 bridgehead atoms. The van der Waals surface area contributed by atoms with E-state index in [2.05, 4.69) is 0 Å². The number of nitrogens with zero attached hydrogens (tertiary/aromatic N) is 1. The smallest absolute Gasteiger partial charge is 0.211 e. The number of rotatable bonds is 3. The molecule has 3 unspecified atom stereocenters. The molecule has 1 aliphatic heterocycles. The van der Waals surface area contributed by atoms with Crippen molar-refractivity contribution in [3.63, 3.8) is 0 Å². The normalized spacial score (nSPS) is 34.9. The highest BCUT2D eigenvalue weighted by molar-refractivity contribution is 7.88. The minimum atomic E-state index is -3.02. The summed E-state index contributed by atoms with van der Waals surface area (Å²) in [5.41, 5.74) is 6.28. The summed E-state index contributed by atoms with van der Waals surface area (Å²) in [7, 11) is -3.02. The van der Waals surface area contributed by atoms with Crippen molar-refractivity contribution in [2.45, 2.75) is 57.4 Å². The first-order valence-corrected chi connectivity index (χ1v) is 9.52. The molecule has 1 saturated heterocycles. The van der Waals surface area contributed by atoms with E-state index in [9.17, 15) is 8.42 Å². The summed E-state index contributed by atoms with van der Waals surface area (Å²) in [6.45, 7) is 1.41. The monoisotopic (exact) mass is 288 g/mol. The zero-order valence-electron chi connectivity index (χ0n) is 12.1. The fourth-order valence-corrected chi connectivity index (χ4v) is 4.60. The van der Waals surface area contributed by atoms with Crippen LogP contribution in [0.1, 0.15) is 51.4 Å². The molecule has 19 heavy (non-hydrogen) atoms. The second kappa shape index (κ2) is 6.55. The van der Waals surface area contributed by atoms with Gasteiger partial charge in [0.15, 0.2) is 0 Å². The number of hydrogen-bond acceptors (Lipinski definition) is 3. The van der Waals surface area contributed by atoms with Crippen molar-refractivity contribution in [3.05, 3.63) is 0 Å². The Balaban J connectivity index is 1.91. The molecule has 1 saturated carbocycles. The Labute approximate surface area is 117 Å². The van der Waals surface area contributed by atoms with Gasteiger partial charge in [-0.3, -0.25) is 0 Å². The molecule has 5 heteroatoms. The van der Waals surface area contributed by atoms with Gasteiger partial charge in [0.05, 0.1) is 6.26 Å². The first-order valence-electron chi connectivity index (χ1n) is 7.67. The van der Waals surface area contributed by atoms with Gasteiger partial charge in [0, 0.05) is 19.1 Å². The molecular weight excluding hydrogens is 260 g/mol. The van der Waals surface area contributed by atoms with Crippen LogP contribution in [-0.2, 0) is 10.0 Å². The highest BCUT2D eigenvalue weighted by Gasteiger charge is 2.29. The minimum Gasteiger partial charge on any atom is -0.327 e. The fraction of sp³-hybridized carbons (Fsp3) is 1.00. The summed E-state index contributed by atoms with van der Waals surface area (Å²) < 4.78 is 24.9. The molecule has 1 heterocycles. The topological polar surface area (TPSA) is 63.4 Å². The predicted octanol–water partition coefficient (Wildman–Crippen LogP) is 1.96. The molecular formula is C14H28N2O2S. The van der Waals surface area contributed by atoms with E-state index in [-0.39, 0.29) is 0 Å². The van der Waals surface area contributed by atoms with Gasteiger partial charge in [0.2, 0.25) is 10.0 Å². The van der Waals surface area contributed by atoms with Crippen LogP contribution in [0.25, 0.3) is 0 Å². The molecule has 112 valence electrons. The highest BCUT2D eigenvalue weighted by atomic mass is 32.2. The molecule has 2 N–H and O–H groups in total. The molecule has 4 nitrogen and oxygen atoms in total. The molecule has 0 radical (unpaired) electrons. The summed E-state index contributed by atoms with van der Waals surface area (Å²) in [4.78, 5) is 0. The van der Waals surface area contributed by atoms with Crippen LogP contribution >= 0.6 is 0 Å². The standard InChI is InChI=1S/C14H28N2O2S/c1-19(17,18)16-9-5-6-12(11-16)10-13-7-3-2-4-8-14(13)15/h12-14H,2-11,15H2,1H3. The van der Waals surface area contributed by atoms with Gasteiger partial charge < -0.3 is 5.73 Å². The summed E-state index contributed by atoms with van der Waals surface area (Å²) >= 11 is 0. The Morgan fingerprint density at radius 3 is 2.58 bits per heavy atom. The second-order valence-corrected chi connectivity index (χ2v) is 8.41. The zero-order chi connectivity index (χ0) is 13.9. The largest absolute Gasteiger partial charge is 0.327 e. The Hall–Kier alpha value is -0.130. The van der Waals surface area contributed by atoms with Gasteiger partial charge in [-0.2, -0.15) is 0 Å². The van der Waals surface area contributed by atoms with E-state index in [4.69, 9.17) is 5.73 Å². The van der Waals surface area contributed by atoms with Gasteiger partial charge in [-0.25, -0.2) is 12.7 Å². The van der Waals surface area contributed by atoms with Gasteiger partial charge in [-0.1, -0.05) is 19.3 Å². The average Bonchev–Trinajstić information content (AvgIpc) is 2.54. The molecule has 2 aliphatic rings. The number of piperidine rings is 1. The van der Waals surface area contributed by atoms with Crippen LogP contribution in [0.3, 0.4) is 0 Å². The first-order chi connectivity index (χ1) is 8.97. The molecule has 2 fully saturated rings. The van der Waals surface area contributed by atoms with Crippen molar-refractivity contribution < 1.29 is 8.42 Å². The van der Waals surface area contributed by atoms with Crippen molar-refractivity contribution in [1.29, 1.82) is 0 Å². The Morgan fingerprint density at radius 2 is 1.84 bits per heavy atom. The van der Waals surface area contributed by atoms with Gasteiger partial charge in [-0.15, -0.1) is 0 Å². The maximum atomic E-state index is 11.6. The van der Waals surface area contributed by atoms with Crippen molar-refractivity contribution >= 4 is 10.0 Å². The number of nitrogens with two attached hydrogens (primary N) is 1. The second-order valence-electron chi connectivity index (χ2n) is 6.43. The molecule has 0 aromatic rings. The van der Waals surface area contributed by atoms with Crippen molar-refractivity contribution in [2.75, 3.05) is 19.3 Å². The first kappa shape index (κ1) is 15.3. The maximum Gasteiger partial charge on any atom is 0.211 e. The Bertz CT molecular complexity index is 383. The third-order valence-corrected chi connectivity index (χ3v) is 6.07. The van der Waals surface area contributed by atoms with E-state index in [1.165, 1.54) is 31.9 Å². The average molecular weight is 288 g/mol. The lowest BCUT2D eigenvalue weighted by molar-refractivity contribution is 0.213. The highest BCUT2D eigenvalue weighted by Crippen LogP contribution is 2.31. The lowest BCUT2D eigenvalue weighted by Gasteiger charge is -2.34. The zero-order valence-corrected chi connectivity index (χ0v) is 12.9. The van der Waals surface area contributed by atoms with Crippen LogP contribution in [0.15, 0.2) is 0 Å². The molecule has 2 rings (SSSR count). The van der Waals surface area contributed by atoms with Crippen LogP contribution in [0.4, 0.5) is 0 Å². The van der Waals surface area contributed by atoms with Gasteiger partial charge >= 0.3 is 0 Å². The lowest BCUT2D eigenvalue weighted by atomic mass is 9.83. The van der Waals surface area contributed by atoms with Crippen molar-refractivity contribution in [3.8, 4) is 0 Å². The summed E-state index contributed by atoms with van der Waals surface area (Å²) in [6.07, 6.45) is 10.8. The van der Waals surface area contributed by atoms with Crippen molar-refractivity contribution in [1.82, 2.24) is 4.31 Å². The lowest BCUT2D eigenvalue weighted by Crippen LogP contribution is -2.41. The van der Waals surface area contributed by atoms with E-state index in [0.29, 0.717) is 31.0 Å². The number of hydrogen-bond donors (Lipinski definition) is 1. The van der Waals surface area contributed by atoms with E-state index >= 15 is 0 Å². The van der Waals surface area contributed by atoms with Crippen molar-refractivity contribution in [2.24, 2.45) is 17.6 Å². The Morgan fingerprint density at radius 1 is 1.11 bits per heavy atom. The van der Waals surface area contributed by atoms with Crippen LogP contribution in [-0.4, -0.2) is 38.1 Å². The molecule has 0 aromatic heterocycles.